The molecule has 0 bridgehead atoms. The molecule has 0 atom stereocenters. The van der Waals surface area contributed by atoms with Crippen molar-refractivity contribution in [2.75, 3.05) is 25.0 Å². The molecule has 0 unspecified atom stereocenters. The number of aromatic amines is 1. The maximum Gasteiger partial charge on any atom is 0.140 e. The molecular weight excluding hydrogens is 328 g/mol. The van der Waals surface area contributed by atoms with Crippen LogP contribution in [0.25, 0.3) is 16.5 Å². The lowest BCUT2D eigenvalue weighted by atomic mass is 9.98. The van der Waals surface area contributed by atoms with Gasteiger partial charge in [0.2, 0.25) is 0 Å². The van der Waals surface area contributed by atoms with Crippen LogP contribution in [-0.2, 0) is 0 Å². The highest BCUT2D eigenvalue weighted by atomic mass is 32.1. The fraction of sp³-hybridized carbons (Fsp3) is 0.250. The minimum atomic E-state index is 0.446. The normalized spacial score (nSPS) is 15.3. The predicted octanol–water partition coefficient (Wildman–Crippen LogP) is 4.78. The molecule has 3 aromatic rings. The van der Waals surface area contributed by atoms with E-state index in [-0.39, 0.29) is 0 Å². The molecule has 4 nitrogen and oxygen atoms in total. The Kier molecular flexibility index (Phi) is 4.42. The van der Waals surface area contributed by atoms with Gasteiger partial charge >= 0.3 is 0 Å². The molecule has 0 fully saturated rings. The van der Waals surface area contributed by atoms with E-state index in [1.165, 1.54) is 16.5 Å². The molecular formula is C20H22N4S. The molecule has 0 amide bonds. The first-order chi connectivity index (χ1) is 12.2. The molecule has 0 saturated carbocycles. The molecule has 1 aliphatic rings. The van der Waals surface area contributed by atoms with Crippen LogP contribution in [0.15, 0.2) is 48.0 Å². The van der Waals surface area contributed by atoms with Crippen molar-refractivity contribution >= 4 is 39.3 Å². The van der Waals surface area contributed by atoms with Crippen molar-refractivity contribution in [1.82, 2.24) is 9.88 Å². The van der Waals surface area contributed by atoms with E-state index in [0.717, 1.165) is 42.1 Å². The average molecular weight is 350 g/mol. The highest BCUT2D eigenvalue weighted by Crippen LogP contribution is 2.31. The van der Waals surface area contributed by atoms with Crippen molar-refractivity contribution in [2.45, 2.75) is 13.3 Å². The van der Waals surface area contributed by atoms with E-state index in [1.807, 2.05) is 23.6 Å². The Bertz CT molecular complexity index is 920. The number of hydrogen-bond acceptors (Lipinski definition) is 3. The second-order valence-electron chi connectivity index (χ2n) is 6.31. The Morgan fingerprint density at radius 2 is 2.28 bits per heavy atom. The van der Waals surface area contributed by atoms with Crippen LogP contribution in [0.5, 0.6) is 0 Å². The first kappa shape index (κ1) is 16.1. The van der Waals surface area contributed by atoms with Crippen molar-refractivity contribution in [3.05, 3.63) is 58.4 Å². The van der Waals surface area contributed by atoms with E-state index in [2.05, 4.69) is 46.5 Å². The molecule has 1 aromatic carbocycles. The van der Waals surface area contributed by atoms with Gasteiger partial charge < -0.3 is 10.3 Å². The minimum absolute atomic E-state index is 0.446. The average Bonchev–Trinajstić information content (AvgIpc) is 3.31. The maximum absolute atomic E-state index is 8.22. The predicted molar refractivity (Wildman–Crippen MR) is 108 cm³/mol. The Hall–Kier alpha value is -2.37. The van der Waals surface area contributed by atoms with Gasteiger partial charge in [0.05, 0.1) is 4.88 Å². The molecule has 3 N–H and O–H groups in total. The van der Waals surface area contributed by atoms with Crippen LogP contribution in [0.2, 0.25) is 0 Å². The lowest BCUT2D eigenvalue weighted by molar-refractivity contribution is 0.319. The fourth-order valence-electron chi connectivity index (χ4n) is 3.33. The van der Waals surface area contributed by atoms with Crippen LogP contribution >= 0.6 is 11.3 Å². The van der Waals surface area contributed by atoms with Gasteiger partial charge in [-0.15, -0.1) is 11.3 Å². The molecule has 25 heavy (non-hydrogen) atoms. The molecule has 5 heteroatoms. The number of anilines is 1. The summed E-state index contributed by atoms with van der Waals surface area (Å²) >= 11 is 1.58. The molecule has 2 aromatic heterocycles. The van der Waals surface area contributed by atoms with Crippen molar-refractivity contribution in [3.63, 3.8) is 0 Å². The summed E-state index contributed by atoms with van der Waals surface area (Å²) in [5.74, 6) is 0.446. The molecule has 0 radical (unpaired) electrons. The Morgan fingerprint density at radius 3 is 3.00 bits per heavy atom. The lowest BCUT2D eigenvalue weighted by Crippen LogP contribution is -2.27. The zero-order valence-corrected chi connectivity index (χ0v) is 15.1. The van der Waals surface area contributed by atoms with Gasteiger partial charge in [-0.2, -0.15) is 0 Å². The molecule has 1 aliphatic heterocycles. The van der Waals surface area contributed by atoms with Crippen molar-refractivity contribution in [1.29, 1.82) is 5.41 Å². The summed E-state index contributed by atoms with van der Waals surface area (Å²) < 4.78 is 0. The molecule has 0 saturated heterocycles. The van der Waals surface area contributed by atoms with E-state index in [4.69, 9.17) is 5.41 Å². The topological polar surface area (TPSA) is 54.9 Å². The highest BCUT2D eigenvalue weighted by molar-refractivity contribution is 7.12. The van der Waals surface area contributed by atoms with E-state index in [1.54, 1.807) is 11.3 Å². The smallest absolute Gasteiger partial charge is 0.140 e. The summed E-state index contributed by atoms with van der Waals surface area (Å²) in [6, 6.07) is 10.2. The van der Waals surface area contributed by atoms with Crippen molar-refractivity contribution in [2.24, 2.45) is 0 Å². The Balaban J connectivity index is 1.62. The van der Waals surface area contributed by atoms with Crippen LogP contribution in [0.1, 0.15) is 23.8 Å². The Morgan fingerprint density at radius 1 is 1.36 bits per heavy atom. The SMILES string of the molecule is CCN1CC=C(c2c[nH]c3ccc(NC(=N)c4cccs4)cc23)CC1. The molecule has 0 spiro atoms. The van der Waals surface area contributed by atoms with Crippen LogP contribution in [0, 0.1) is 5.41 Å². The number of rotatable bonds is 4. The summed E-state index contributed by atoms with van der Waals surface area (Å²) in [5, 5.41) is 14.7. The largest absolute Gasteiger partial charge is 0.361 e. The molecule has 0 aliphatic carbocycles. The first-order valence-electron chi connectivity index (χ1n) is 8.67. The summed E-state index contributed by atoms with van der Waals surface area (Å²) in [6.07, 6.45) is 5.55. The number of nitrogens with zero attached hydrogens (tertiary/aromatic N) is 1. The third-order valence-electron chi connectivity index (χ3n) is 4.81. The molecule has 4 rings (SSSR count). The quantitative estimate of drug-likeness (QED) is 0.469. The van der Waals surface area contributed by atoms with Gasteiger partial charge in [0.1, 0.15) is 5.84 Å². The monoisotopic (exact) mass is 350 g/mol. The highest BCUT2D eigenvalue weighted by Gasteiger charge is 2.15. The van der Waals surface area contributed by atoms with Crippen LogP contribution in [-0.4, -0.2) is 35.4 Å². The number of benzene rings is 1. The number of H-pyrrole nitrogens is 1. The second kappa shape index (κ2) is 6.86. The standard InChI is InChI=1S/C20H22N4S/c1-2-24-9-7-14(8-10-24)17-13-22-18-6-5-15(12-16(17)18)23-20(21)19-4-3-11-25-19/h3-7,11-13,22H,2,8-10H2,1H3,(H2,21,23). The van der Waals surface area contributed by atoms with Gasteiger partial charge in [-0.1, -0.05) is 19.1 Å². The van der Waals surface area contributed by atoms with Gasteiger partial charge in [0.25, 0.3) is 0 Å². The number of thiophene rings is 1. The van der Waals surface area contributed by atoms with Gasteiger partial charge in [0, 0.05) is 41.4 Å². The van der Waals surface area contributed by atoms with E-state index in [9.17, 15) is 0 Å². The Labute approximate surface area is 151 Å². The number of likely N-dealkylation sites (N-methyl/N-ethyl adjacent to an activating group) is 1. The number of nitrogens with one attached hydrogen (secondary N) is 3. The maximum atomic E-state index is 8.22. The van der Waals surface area contributed by atoms with Gasteiger partial charge in [0.15, 0.2) is 0 Å². The molecule has 128 valence electrons. The summed E-state index contributed by atoms with van der Waals surface area (Å²) in [6.45, 7) is 5.47. The summed E-state index contributed by atoms with van der Waals surface area (Å²) in [4.78, 5) is 6.79. The summed E-state index contributed by atoms with van der Waals surface area (Å²) in [7, 11) is 0. The van der Waals surface area contributed by atoms with E-state index < -0.39 is 0 Å². The third-order valence-corrected chi connectivity index (χ3v) is 5.69. The lowest BCUT2D eigenvalue weighted by Gasteiger charge is -2.24. The first-order valence-corrected chi connectivity index (χ1v) is 9.55. The van der Waals surface area contributed by atoms with Gasteiger partial charge in [-0.25, -0.2) is 0 Å². The van der Waals surface area contributed by atoms with E-state index in [0.29, 0.717) is 5.84 Å². The van der Waals surface area contributed by atoms with Gasteiger partial charge in [-0.3, -0.25) is 10.3 Å². The van der Waals surface area contributed by atoms with Gasteiger partial charge in [-0.05, 0) is 48.2 Å². The minimum Gasteiger partial charge on any atom is -0.361 e. The number of amidine groups is 1. The van der Waals surface area contributed by atoms with Crippen LogP contribution in [0.4, 0.5) is 5.69 Å². The summed E-state index contributed by atoms with van der Waals surface area (Å²) in [5.41, 5.74) is 4.80. The third kappa shape index (κ3) is 3.25. The molecule has 3 heterocycles. The number of aromatic nitrogens is 1. The van der Waals surface area contributed by atoms with E-state index >= 15 is 0 Å². The fourth-order valence-corrected chi connectivity index (χ4v) is 3.96. The number of fused-ring (bicyclic) bond motifs is 1. The number of hydrogen-bond donors (Lipinski definition) is 3. The second-order valence-corrected chi connectivity index (χ2v) is 7.26. The zero-order valence-electron chi connectivity index (χ0n) is 14.3. The van der Waals surface area contributed by atoms with Crippen LogP contribution in [0.3, 0.4) is 0 Å². The van der Waals surface area contributed by atoms with Crippen LogP contribution < -0.4 is 5.32 Å². The van der Waals surface area contributed by atoms with Crippen molar-refractivity contribution in [3.8, 4) is 0 Å². The zero-order chi connectivity index (χ0) is 17.2. The van der Waals surface area contributed by atoms with Crippen molar-refractivity contribution < 1.29 is 0 Å².